The van der Waals surface area contributed by atoms with Crippen LogP contribution in [0.5, 0.6) is 0 Å². The van der Waals surface area contributed by atoms with Crippen LogP contribution in [0, 0.1) is 13.8 Å². The number of hydrogen-bond donors (Lipinski definition) is 2. The largest absolute Gasteiger partial charge is 1.00 e. The maximum absolute atomic E-state index is 3.51. The van der Waals surface area contributed by atoms with Crippen LogP contribution in [0.2, 0.25) is 0 Å². The Bertz CT molecular complexity index is 900. The molecule has 0 saturated heterocycles. The Kier molecular flexibility index (Phi) is 3.07. The van der Waals surface area contributed by atoms with Gasteiger partial charge in [-0.25, -0.2) is 4.98 Å². The lowest BCUT2D eigenvalue weighted by Gasteiger charge is -1.90. The van der Waals surface area contributed by atoms with Crippen LogP contribution >= 0.6 is 11.3 Å². The second kappa shape index (κ2) is 4.65. The van der Waals surface area contributed by atoms with Crippen LogP contribution in [0.25, 0.3) is 27.1 Å². The van der Waals surface area contributed by atoms with Crippen LogP contribution in [-0.2, 0) is 0 Å². The number of thiazole rings is 1. The average molecular weight is 304 g/mol. The predicted molar refractivity (Wildman–Crippen MR) is 78.6 cm³/mol. The van der Waals surface area contributed by atoms with Crippen molar-refractivity contribution in [2.24, 2.45) is 0 Å². The molecule has 4 rings (SSSR count). The molecule has 0 unspecified atom stereocenters. The minimum atomic E-state index is 0. The number of rotatable bonds is 1. The van der Waals surface area contributed by atoms with Crippen LogP contribution in [0.4, 0.5) is 0 Å². The van der Waals surface area contributed by atoms with E-state index in [9.17, 15) is 0 Å². The molecule has 0 radical (unpaired) electrons. The summed E-state index contributed by atoms with van der Waals surface area (Å²) in [5.41, 5.74) is 4.87. The van der Waals surface area contributed by atoms with Crippen molar-refractivity contribution >= 4 is 27.2 Å². The number of aromatic nitrogens is 3. The quantitative estimate of drug-likeness (QED) is 0.483. The zero-order valence-corrected chi connectivity index (χ0v) is 12.8. The molecule has 1 aromatic carbocycles. The second-order valence-corrected chi connectivity index (χ2v) is 6.04. The van der Waals surface area contributed by atoms with Gasteiger partial charge in [-0.05, 0) is 19.9 Å². The van der Waals surface area contributed by atoms with Crippen molar-refractivity contribution in [3.8, 4) is 11.3 Å². The van der Waals surface area contributed by atoms with Gasteiger partial charge >= 0.3 is 4.96 Å². The minimum absolute atomic E-state index is 0. The molecule has 0 aliphatic heterocycles. The molecule has 0 fully saturated rings. The first-order valence-corrected chi connectivity index (χ1v) is 7.12. The second-order valence-electron chi connectivity index (χ2n) is 4.83. The van der Waals surface area contributed by atoms with Crippen LogP contribution in [0.1, 0.15) is 10.6 Å². The molecular weight excluding hydrogens is 290 g/mol. The first-order chi connectivity index (χ1) is 9.24. The highest BCUT2D eigenvalue weighted by molar-refractivity contribution is 7.16. The number of nitrogens with zero attached hydrogens (tertiary/aromatic N) is 1. The Hall–Kier alpha value is -1.78. The van der Waals surface area contributed by atoms with E-state index in [1.165, 1.54) is 32.0 Å². The predicted octanol–water partition coefficient (Wildman–Crippen LogP) is 0.584. The smallest absolute Gasteiger partial charge is 0.344 e. The number of aromatic amines is 2. The molecule has 0 amide bonds. The Labute approximate surface area is 126 Å². The Morgan fingerprint density at radius 2 is 1.95 bits per heavy atom. The number of halogens is 1. The highest BCUT2D eigenvalue weighted by atomic mass is 35.5. The van der Waals surface area contributed by atoms with Gasteiger partial charge < -0.3 is 17.4 Å². The molecule has 0 bridgehead atoms. The Morgan fingerprint density at radius 1 is 1.15 bits per heavy atom. The normalized spacial score (nSPS) is 11.1. The molecule has 3 heterocycles. The summed E-state index contributed by atoms with van der Waals surface area (Å²) in [6, 6.07) is 8.39. The van der Waals surface area contributed by atoms with Gasteiger partial charge in [-0.1, -0.05) is 29.5 Å². The molecule has 4 aromatic rings. The summed E-state index contributed by atoms with van der Waals surface area (Å²) in [6.45, 7) is 4.32. The summed E-state index contributed by atoms with van der Waals surface area (Å²) in [5.74, 6) is 0. The number of nitrogens with one attached hydrogen (secondary N) is 2. The maximum Gasteiger partial charge on any atom is 0.344 e. The van der Waals surface area contributed by atoms with Crippen molar-refractivity contribution in [1.82, 2.24) is 9.97 Å². The summed E-state index contributed by atoms with van der Waals surface area (Å²) in [6.07, 6.45) is 4.26. The SMILES string of the molecule is Cc1sc2[nH]c(-c3c[nH]c4ccccc34)c[n+]2c1C.[Cl-]. The maximum atomic E-state index is 3.51. The standard InChI is InChI=1S/C15H13N3S.ClH/c1-9-10(2)19-15-17-14(8-18(9)15)12-7-16-13-6-4-3-5-11(12)13;/h3-8,16H,1-2H3;1H. The van der Waals surface area contributed by atoms with Gasteiger partial charge in [-0.15, -0.1) is 0 Å². The summed E-state index contributed by atoms with van der Waals surface area (Å²) >= 11 is 1.80. The molecule has 102 valence electrons. The van der Waals surface area contributed by atoms with E-state index in [0.29, 0.717) is 0 Å². The minimum Gasteiger partial charge on any atom is -1.00 e. The van der Waals surface area contributed by atoms with Crippen molar-refractivity contribution in [3.05, 3.63) is 47.2 Å². The first-order valence-electron chi connectivity index (χ1n) is 6.31. The van der Waals surface area contributed by atoms with E-state index in [1.807, 2.05) is 0 Å². The van der Waals surface area contributed by atoms with Gasteiger partial charge in [0.15, 0.2) is 5.69 Å². The van der Waals surface area contributed by atoms with Gasteiger partial charge in [0.25, 0.3) is 0 Å². The number of hydrogen-bond acceptors (Lipinski definition) is 1. The van der Waals surface area contributed by atoms with E-state index in [0.717, 1.165) is 5.69 Å². The molecular formula is C15H14ClN3S. The molecule has 3 nitrogen and oxygen atoms in total. The van der Waals surface area contributed by atoms with E-state index >= 15 is 0 Å². The fourth-order valence-electron chi connectivity index (χ4n) is 2.54. The molecule has 0 atom stereocenters. The highest BCUT2D eigenvalue weighted by Gasteiger charge is 2.18. The zero-order chi connectivity index (χ0) is 13.0. The van der Waals surface area contributed by atoms with Gasteiger partial charge in [-0.2, -0.15) is 4.40 Å². The third-order valence-electron chi connectivity index (χ3n) is 3.72. The van der Waals surface area contributed by atoms with E-state index in [1.54, 1.807) is 11.3 Å². The fourth-order valence-corrected chi connectivity index (χ4v) is 3.52. The number of aryl methyl sites for hydroxylation is 2. The molecule has 0 aliphatic rings. The Morgan fingerprint density at radius 3 is 2.75 bits per heavy atom. The lowest BCUT2D eigenvalue weighted by atomic mass is 10.1. The van der Waals surface area contributed by atoms with Crippen LogP contribution in [0.15, 0.2) is 36.7 Å². The molecule has 20 heavy (non-hydrogen) atoms. The molecule has 5 heteroatoms. The van der Waals surface area contributed by atoms with Crippen LogP contribution in [0.3, 0.4) is 0 Å². The monoisotopic (exact) mass is 303 g/mol. The topological polar surface area (TPSA) is 35.7 Å². The summed E-state index contributed by atoms with van der Waals surface area (Å²) in [4.78, 5) is 9.38. The first kappa shape index (κ1) is 13.2. The number of para-hydroxylation sites is 1. The van der Waals surface area contributed by atoms with E-state index in [4.69, 9.17) is 0 Å². The van der Waals surface area contributed by atoms with Gasteiger partial charge in [0.1, 0.15) is 11.9 Å². The summed E-state index contributed by atoms with van der Waals surface area (Å²) in [5, 5.41) is 1.26. The van der Waals surface area contributed by atoms with Crippen molar-refractivity contribution in [2.45, 2.75) is 13.8 Å². The van der Waals surface area contributed by atoms with Gasteiger partial charge in [0.05, 0.1) is 10.4 Å². The van der Waals surface area contributed by atoms with Gasteiger partial charge in [0.2, 0.25) is 0 Å². The van der Waals surface area contributed by atoms with Crippen molar-refractivity contribution < 1.29 is 16.8 Å². The highest BCUT2D eigenvalue weighted by Crippen LogP contribution is 2.28. The molecule has 3 aromatic heterocycles. The van der Waals surface area contributed by atoms with Crippen LogP contribution < -0.4 is 16.8 Å². The number of imidazole rings is 1. The molecule has 0 aliphatic carbocycles. The van der Waals surface area contributed by atoms with E-state index < -0.39 is 0 Å². The lowest BCUT2D eigenvalue weighted by Crippen LogP contribution is -3.00. The molecule has 0 spiro atoms. The van der Waals surface area contributed by atoms with Crippen molar-refractivity contribution in [2.75, 3.05) is 0 Å². The molecule has 2 N–H and O–H groups in total. The van der Waals surface area contributed by atoms with Crippen molar-refractivity contribution in [1.29, 1.82) is 0 Å². The van der Waals surface area contributed by atoms with Gasteiger partial charge in [-0.3, -0.25) is 0 Å². The third kappa shape index (κ3) is 1.76. The molecule has 0 saturated carbocycles. The lowest BCUT2D eigenvalue weighted by molar-refractivity contribution is -0.513. The Balaban J connectivity index is 0.00000121. The number of benzene rings is 1. The van der Waals surface area contributed by atoms with Crippen LogP contribution in [-0.4, -0.2) is 9.97 Å². The van der Waals surface area contributed by atoms with E-state index in [-0.39, 0.29) is 12.4 Å². The number of fused-ring (bicyclic) bond motifs is 2. The fraction of sp³-hybridized carbons (Fsp3) is 0.133. The summed E-state index contributed by atoms with van der Waals surface area (Å²) in [7, 11) is 0. The number of H-pyrrole nitrogens is 2. The average Bonchev–Trinajstić information content (AvgIpc) is 3.06. The van der Waals surface area contributed by atoms with E-state index in [2.05, 4.69) is 64.9 Å². The third-order valence-corrected chi connectivity index (χ3v) is 4.81. The summed E-state index contributed by atoms with van der Waals surface area (Å²) < 4.78 is 2.23. The van der Waals surface area contributed by atoms with Crippen molar-refractivity contribution in [3.63, 3.8) is 0 Å². The zero-order valence-electron chi connectivity index (χ0n) is 11.2. The van der Waals surface area contributed by atoms with Gasteiger partial charge in [0, 0.05) is 17.1 Å².